The second kappa shape index (κ2) is 2.75. The van der Waals surface area contributed by atoms with Gasteiger partial charge in [-0.1, -0.05) is 0 Å². The van der Waals surface area contributed by atoms with Crippen LogP contribution < -0.4 is 5.32 Å². The quantitative estimate of drug-likeness (QED) is 0.541. The fourth-order valence-corrected chi connectivity index (χ4v) is 1.49. The van der Waals surface area contributed by atoms with Crippen LogP contribution in [0.25, 0.3) is 0 Å². The molecule has 0 radical (unpaired) electrons. The van der Waals surface area contributed by atoms with Gasteiger partial charge in [0.05, 0.1) is 13.0 Å². The van der Waals surface area contributed by atoms with E-state index in [1.54, 1.807) is 4.90 Å². The summed E-state index contributed by atoms with van der Waals surface area (Å²) in [5, 5.41) is 2.25. The van der Waals surface area contributed by atoms with Crippen molar-refractivity contribution in [2.45, 2.75) is 19.1 Å². The monoisotopic (exact) mass is 170 g/mol. The zero-order valence-corrected chi connectivity index (χ0v) is 6.58. The van der Waals surface area contributed by atoms with Gasteiger partial charge in [-0.05, 0) is 6.42 Å². The summed E-state index contributed by atoms with van der Waals surface area (Å²) in [5.74, 6) is -0.247. The van der Waals surface area contributed by atoms with Crippen molar-refractivity contribution in [2.75, 3.05) is 13.2 Å². The Bertz CT molecular complexity index is 229. The number of ether oxygens (including phenoxy) is 1. The zero-order chi connectivity index (χ0) is 8.55. The van der Waals surface area contributed by atoms with Gasteiger partial charge in [-0.2, -0.15) is 0 Å². The molecule has 0 aliphatic carbocycles. The summed E-state index contributed by atoms with van der Waals surface area (Å²) >= 11 is 0. The van der Waals surface area contributed by atoms with E-state index in [2.05, 4.69) is 5.32 Å². The van der Waals surface area contributed by atoms with Gasteiger partial charge in [-0.25, -0.2) is 4.79 Å². The Morgan fingerprint density at radius 1 is 1.50 bits per heavy atom. The largest absolute Gasteiger partial charge is 0.358 e. The van der Waals surface area contributed by atoms with E-state index >= 15 is 0 Å². The fourth-order valence-electron chi connectivity index (χ4n) is 1.49. The molecule has 66 valence electrons. The Kier molecular flexibility index (Phi) is 1.73. The average molecular weight is 170 g/mol. The molecule has 12 heavy (non-hydrogen) atoms. The first-order chi connectivity index (χ1) is 5.77. The Labute approximate surface area is 69.7 Å². The second-order valence-corrected chi connectivity index (χ2v) is 2.93. The van der Waals surface area contributed by atoms with E-state index in [9.17, 15) is 9.59 Å². The maximum Gasteiger partial charge on any atom is 0.326 e. The van der Waals surface area contributed by atoms with Crippen molar-refractivity contribution in [3.63, 3.8) is 0 Å². The van der Waals surface area contributed by atoms with E-state index in [0.29, 0.717) is 13.2 Å². The van der Waals surface area contributed by atoms with Crippen molar-refractivity contribution >= 4 is 11.9 Å². The van der Waals surface area contributed by atoms with Crippen molar-refractivity contribution in [2.24, 2.45) is 0 Å². The minimum atomic E-state index is -0.323. The van der Waals surface area contributed by atoms with E-state index < -0.39 is 0 Å². The lowest BCUT2D eigenvalue weighted by molar-refractivity contribution is -0.136. The minimum Gasteiger partial charge on any atom is -0.358 e. The highest BCUT2D eigenvalue weighted by molar-refractivity contribution is 5.97. The number of carbonyl (C=O) groups is 2. The summed E-state index contributed by atoms with van der Waals surface area (Å²) in [4.78, 5) is 23.6. The van der Waals surface area contributed by atoms with Crippen LogP contribution in [0.5, 0.6) is 0 Å². The zero-order valence-electron chi connectivity index (χ0n) is 6.58. The number of imide groups is 1. The van der Waals surface area contributed by atoms with Crippen LogP contribution in [0.1, 0.15) is 12.8 Å². The van der Waals surface area contributed by atoms with Gasteiger partial charge in [0.2, 0.25) is 5.91 Å². The van der Waals surface area contributed by atoms with Crippen molar-refractivity contribution in [3.05, 3.63) is 0 Å². The number of hydrogen-bond donors (Lipinski definition) is 1. The highest BCUT2D eigenvalue weighted by Crippen LogP contribution is 2.16. The molecule has 0 spiro atoms. The molecule has 3 amide bonds. The molecular formula is C7H10N2O3. The Morgan fingerprint density at radius 3 is 3.17 bits per heavy atom. The first-order valence-corrected chi connectivity index (χ1v) is 3.99. The summed E-state index contributed by atoms with van der Waals surface area (Å²) in [5.41, 5.74) is 0. The average Bonchev–Trinajstić information content (AvgIpc) is 2.04. The number of nitrogens with one attached hydrogen (secondary N) is 1. The molecule has 2 saturated heterocycles. The maximum atomic E-state index is 11.2. The lowest BCUT2D eigenvalue weighted by Gasteiger charge is -2.37. The normalized spacial score (nSPS) is 29.7. The Balaban J connectivity index is 2.11. The van der Waals surface area contributed by atoms with E-state index in [1.807, 2.05) is 0 Å². The molecule has 0 aromatic rings. The second-order valence-electron chi connectivity index (χ2n) is 2.93. The molecule has 1 N–H and O–H groups in total. The number of urea groups is 1. The fraction of sp³-hybridized carbons (Fsp3) is 0.714. The van der Waals surface area contributed by atoms with E-state index in [0.717, 1.165) is 6.42 Å². The molecule has 5 heteroatoms. The van der Waals surface area contributed by atoms with Crippen LogP contribution in [0.15, 0.2) is 0 Å². The molecule has 5 nitrogen and oxygen atoms in total. The van der Waals surface area contributed by atoms with Gasteiger partial charge in [0.15, 0.2) is 0 Å². The third-order valence-corrected chi connectivity index (χ3v) is 2.07. The molecule has 0 saturated carbocycles. The minimum absolute atomic E-state index is 0.247. The number of hydrogen-bond acceptors (Lipinski definition) is 3. The van der Waals surface area contributed by atoms with Gasteiger partial charge in [-0.15, -0.1) is 0 Å². The molecule has 1 unspecified atom stereocenters. The van der Waals surface area contributed by atoms with Crippen molar-refractivity contribution in [1.82, 2.24) is 10.2 Å². The predicted molar refractivity (Wildman–Crippen MR) is 39.2 cm³/mol. The Hall–Kier alpha value is -1.10. The topological polar surface area (TPSA) is 58.6 Å². The van der Waals surface area contributed by atoms with Crippen LogP contribution in [0.3, 0.4) is 0 Å². The predicted octanol–water partition coefficient (Wildman–Crippen LogP) is -0.325. The smallest absolute Gasteiger partial charge is 0.326 e. The standard InChI is InChI=1S/C7H10N2O3/c10-5-4-6-9(7(11)8-5)2-1-3-12-6/h6H,1-4H2,(H,8,10,11). The van der Waals surface area contributed by atoms with Gasteiger partial charge < -0.3 is 4.74 Å². The SMILES string of the molecule is O=C1CC2OCCCN2C(=O)N1. The molecule has 2 rings (SSSR count). The van der Waals surface area contributed by atoms with Crippen molar-refractivity contribution in [1.29, 1.82) is 0 Å². The van der Waals surface area contributed by atoms with E-state index in [1.165, 1.54) is 0 Å². The lowest BCUT2D eigenvalue weighted by Crippen LogP contribution is -2.57. The van der Waals surface area contributed by atoms with Crippen molar-refractivity contribution in [3.8, 4) is 0 Å². The van der Waals surface area contributed by atoms with Crippen LogP contribution in [-0.2, 0) is 9.53 Å². The maximum absolute atomic E-state index is 11.2. The molecule has 1 atom stereocenters. The summed E-state index contributed by atoms with van der Waals surface area (Å²) < 4.78 is 5.27. The third-order valence-electron chi connectivity index (χ3n) is 2.07. The van der Waals surface area contributed by atoms with Gasteiger partial charge in [0, 0.05) is 6.54 Å². The molecular weight excluding hydrogens is 160 g/mol. The van der Waals surface area contributed by atoms with Gasteiger partial charge >= 0.3 is 6.03 Å². The number of nitrogens with zero attached hydrogens (tertiary/aromatic N) is 1. The Morgan fingerprint density at radius 2 is 2.33 bits per heavy atom. The van der Waals surface area contributed by atoms with Gasteiger partial charge in [-0.3, -0.25) is 15.0 Å². The summed E-state index contributed by atoms with van der Waals surface area (Å²) in [6, 6.07) is -0.323. The molecule has 0 bridgehead atoms. The molecule has 2 fully saturated rings. The van der Waals surface area contributed by atoms with Crippen molar-refractivity contribution < 1.29 is 14.3 Å². The summed E-state index contributed by atoms with van der Waals surface area (Å²) in [7, 11) is 0. The van der Waals surface area contributed by atoms with Crippen LogP contribution in [-0.4, -0.2) is 36.2 Å². The lowest BCUT2D eigenvalue weighted by atomic mass is 10.2. The van der Waals surface area contributed by atoms with E-state index in [-0.39, 0.29) is 24.6 Å². The number of carbonyl (C=O) groups excluding carboxylic acids is 2. The molecule has 2 aliphatic heterocycles. The summed E-state index contributed by atoms with van der Waals surface area (Å²) in [6.45, 7) is 1.32. The van der Waals surface area contributed by atoms with Crippen LogP contribution in [0, 0.1) is 0 Å². The van der Waals surface area contributed by atoms with Crippen LogP contribution >= 0.6 is 0 Å². The molecule has 0 aromatic heterocycles. The number of rotatable bonds is 0. The first kappa shape index (κ1) is 7.54. The van der Waals surface area contributed by atoms with Gasteiger partial charge in [0.25, 0.3) is 0 Å². The van der Waals surface area contributed by atoms with Crippen LogP contribution in [0.2, 0.25) is 0 Å². The molecule has 2 aliphatic rings. The summed E-state index contributed by atoms with van der Waals surface area (Å²) in [6.07, 6.45) is 0.795. The third kappa shape index (κ3) is 1.16. The molecule has 0 aromatic carbocycles. The highest BCUT2D eigenvalue weighted by Gasteiger charge is 2.34. The highest BCUT2D eigenvalue weighted by atomic mass is 16.5. The number of amides is 3. The van der Waals surface area contributed by atoms with Gasteiger partial charge in [0.1, 0.15) is 6.23 Å². The van der Waals surface area contributed by atoms with E-state index in [4.69, 9.17) is 4.74 Å². The number of fused-ring (bicyclic) bond motifs is 1. The van der Waals surface area contributed by atoms with Crippen LogP contribution in [0.4, 0.5) is 4.79 Å². The first-order valence-electron chi connectivity index (χ1n) is 3.99. The molecule has 2 heterocycles.